The van der Waals surface area contributed by atoms with Crippen LogP contribution >= 0.6 is 27.3 Å². The Labute approximate surface area is 159 Å². The maximum Gasteiger partial charge on any atom is 0.387 e. The summed E-state index contributed by atoms with van der Waals surface area (Å²) in [5.74, 6) is -0.247. The molecule has 1 aromatic carbocycles. The SMILES string of the molecule is CCn1ncc(Br)c1C(=O)Nc1nc(-c2ccc(OC(F)F)cc2)cs1. The number of amides is 1. The summed E-state index contributed by atoms with van der Waals surface area (Å²) < 4.78 is 30.9. The second-order valence-corrected chi connectivity index (χ2v) is 6.76. The Balaban J connectivity index is 1.73. The number of aryl methyl sites for hydroxylation is 1. The van der Waals surface area contributed by atoms with E-state index >= 15 is 0 Å². The van der Waals surface area contributed by atoms with E-state index in [-0.39, 0.29) is 11.7 Å². The summed E-state index contributed by atoms with van der Waals surface area (Å²) in [6.45, 7) is -0.415. The number of rotatable bonds is 6. The molecule has 2 aromatic heterocycles. The number of hydrogen-bond acceptors (Lipinski definition) is 5. The van der Waals surface area contributed by atoms with Crippen LogP contribution in [0.2, 0.25) is 0 Å². The van der Waals surface area contributed by atoms with Crippen molar-refractivity contribution >= 4 is 38.3 Å². The second-order valence-electron chi connectivity index (χ2n) is 5.05. The number of alkyl halides is 2. The lowest BCUT2D eigenvalue weighted by Gasteiger charge is -2.05. The van der Waals surface area contributed by atoms with E-state index in [4.69, 9.17) is 0 Å². The normalized spacial score (nSPS) is 11.0. The largest absolute Gasteiger partial charge is 0.435 e. The third-order valence-corrected chi connectivity index (χ3v) is 4.75. The maximum atomic E-state index is 12.4. The molecule has 0 aliphatic heterocycles. The molecule has 0 atom stereocenters. The van der Waals surface area contributed by atoms with E-state index in [1.807, 2.05) is 6.92 Å². The van der Waals surface area contributed by atoms with Crippen molar-refractivity contribution in [3.63, 3.8) is 0 Å². The molecule has 0 radical (unpaired) electrons. The Morgan fingerprint density at radius 3 is 2.77 bits per heavy atom. The molecular weight excluding hydrogens is 430 g/mol. The first-order valence-corrected chi connectivity index (χ1v) is 9.18. The van der Waals surface area contributed by atoms with E-state index in [0.29, 0.717) is 27.5 Å². The predicted octanol–water partition coefficient (Wildman–Crippen LogP) is 4.64. The van der Waals surface area contributed by atoms with Gasteiger partial charge in [0.25, 0.3) is 5.91 Å². The Morgan fingerprint density at radius 1 is 1.38 bits per heavy atom. The number of nitrogens with one attached hydrogen (secondary N) is 1. The van der Waals surface area contributed by atoms with E-state index in [2.05, 4.69) is 36.1 Å². The monoisotopic (exact) mass is 442 g/mol. The van der Waals surface area contributed by atoms with Crippen molar-refractivity contribution < 1.29 is 18.3 Å². The third kappa shape index (κ3) is 4.07. The van der Waals surface area contributed by atoms with Gasteiger partial charge in [0.2, 0.25) is 0 Å². The van der Waals surface area contributed by atoms with Gasteiger partial charge < -0.3 is 4.74 Å². The highest BCUT2D eigenvalue weighted by molar-refractivity contribution is 9.10. The van der Waals surface area contributed by atoms with Gasteiger partial charge in [-0.25, -0.2) is 4.98 Å². The molecule has 0 bridgehead atoms. The van der Waals surface area contributed by atoms with Gasteiger partial charge in [0.1, 0.15) is 11.4 Å². The van der Waals surface area contributed by atoms with Crippen molar-refractivity contribution in [3.8, 4) is 17.0 Å². The van der Waals surface area contributed by atoms with Gasteiger partial charge in [0, 0.05) is 17.5 Å². The Kier molecular flexibility index (Phi) is 5.62. The van der Waals surface area contributed by atoms with Gasteiger partial charge in [-0.1, -0.05) is 0 Å². The smallest absolute Gasteiger partial charge is 0.387 e. The molecule has 26 heavy (non-hydrogen) atoms. The van der Waals surface area contributed by atoms with Gasteiger partial charge in [0.05, 0.1) is 16.4 Å². The summed E-state index contributed by atoms with van der Waals surface area (Å²) in [7, 11) is 0. The number of carbonyl (C=O) groups is 1. The number of nitrogens with zero attached hydrogens (tertiary/aromatic N) is 3. The van der Waals surface area contributed by atoms with Crippen molar-refractivity contribution in [2.45, 2.75) is 20.1 Å². The van der Waals surface area contributed by atoms with Crippen LogP contribution in [-0.2, 0) is 6.54 Å². The molecule has 0 spiro atoms. The fourth-order valence-electron chi connectivity index (χ4n) is 2.26. The van der Waals surface area contributed by atoms with E-state index in [0.717, 1.165) is 5.56 Å². The topological polar surface area (TPSA) is 69.0 Å². The van der Waals surface area contributed by atoms with Crippen molar-refractivity contribution in [2.24, 2.45) is 0 Å². The highest BCUT2D eigenvalue weighted by Gasteiger charge is 2.18. The van der Waals surface area contributed by atoms with E-state index in [9.17, 15) is 13.6 Å². The zero-order valence-corrected chi connectivity index (χ0v) is 15.9. The zero-order valence-electron chi connectivity index (χ0n) is 13.4. The van der Waals surface area contributed by atoms with Crippen molar-refractivity contribution in [2.75, 3.05) is 5.32 Å². The van der Waals surface area contributed by atoms with Crippen LogP contribution in [0.4, 0.5) is 13.9 Å². The minimum Gasteiger partial charge on any atom is -0.435 e. The van der Waals surface area contributed by atoms with Crippen LogP contribution in [0.25, 0.3) is 11.3 Å². The Bertz CT molecular complexity index is 911. The minimum absolute atomic E-state index is 0.0742. The fourth-order valence-corrected chi connectivity index (χ4v) is 3.45. The summed E-state index contributed by atoms with van der Waals surface area (Å²) in [6.07, 6.45) is 1.56. The van der Waals surface area contributed by atoms with Crippen molar-refractivity contribution in [3.05, 3.63) is 46.0 Å². The number of carbonyl (C=O) groups excluding carboxylic acids is 1. The molecule has 0 saturated carbocycles. The second kappa shape index (κ2) is 7.92. The number of anilines is 1. The van der Waals surface area contributed by atoms with Crippen LogP contribution < -0.4 is 10.1 Å². The molecule has 136 valence electrons. The van der Waals surface area contributed by atoms with E-state index < -0.39 is 6.61 Å². The van der Waals surface area contributed by atoms with Gasteiger partial charge in [-0.15, -0.1) is 11.3 Å². The summed E-state index contributed by atoms with van der Waals surface area (Å²) >= 11 is 4.58. The summed E-state index contributed by atoms with van der Waals surface area (Å²) in [5, 5.41) is 9.04. The molecule has 6 nitrogen and oxygen atoms in total. The number of aromatic nitrogens is 3. The maximum absolute atomic E-state index is 12.4. The van der Waals surface area contributed by atoms with Crippen LogP contribution in [0.1, 0.15) is 17.4 Å². The molecule has 1 amide bonds. The molecule has 0 unspecified atom stereocenters. The Morgan fingerprint density at radius 2 is 2.12 bits per heavy atom. The van der Waals surface area contributed by atoms with E-state index in [1.54, 1.807) is 28.4 Å². The zero-order chi connectivity index (χ0) is 18.7. The molecule has 0 fully saturated rings. The predicted molar refractivity (Wildman–Crippen MR) is 97.7 cm³/mol. The first-order valence-electron chi connectivity index (χ1n) is 7.51. The number of thiazole rings is 1. The fraction of sp³-hybridized carbons (Fsp3) is 0.188. The quantitative estimate of drug-likeness (QED) is 0.603. The van der Waals surface area contributed by atoms with Crippen LogP contribution in [0.15, 0.2) is 40.3 Å². The number of ether oxygens (including phenoxy) is 1. The standard InChI is InChI=1S/C16H13BrF2N4O2S/c1-2-23-13(11(17)7-20-23)14(24)22-16-21-12(8-26-16)9-3-5-10(6-4-9)25-15(18)19/h3-8,15H,2H2,1H3,(H,21,22,24). The van der Waals surface area contributed by atoms with Gasteiger partial charge in [0.15, 0.2) is 5.13 Å². The molecule has 1 N–H and O–H groups in total. The average molecular weight is 443 g/mol. The molecule has 0 aliphatic rings. The van der Waals surface area contributed by atoms with Gasteiger partial charge in [-0.3, -0.25) is 14.8 Å². The van der Waals surface area contributed by atoms with Crippen molar-refractivity contribution in [1.29, 1.82) is 0 Å². The lowest BCUT2D eigenvalue weighted by Crippen LogP contribution is -2.17. The van der Waals surface area contributed by atoms with Gasteiger partial charge >= 0.3 is 6.61 Å². The lowest BCUT2D eigenvalue weighted by atomic mass is 10.2. The molecule has 2 heterocycles. The van der Waals surface area contributed by atoms with Crippen molar-refractivity contribution in [1.82, 2.24) is 14.8 Å². The first kappa shape index (κ1) is 18.5. The lowest BCUT2D eigenvalue weighted by molar-refractivity contribution is -0.0498. The molecule has 3 aromatic rings. The summed E-state index contributed by atoms with van der Waals surface area (Å²) in [4.78, 5) is 16.8. The highest BCUT2D eigenvalue weighted by Crippen LogP contribution is 2.27. The molecule has 10 heteroatoms. The van der Waals surface area contributed by atoms with Crippen LogP contribution in [0, 0.1) is 0 Å². The van der Waals surface area contributed by atoms with Gasteiger partial charge in [-0.05, 0) is 47.1 Å². The molecule has 3 rings (SSSR count). The number of halogens is 3. The van der Waals surface area contributed by atoms with Crippen LogP contribution in [-0.4, -0.2) is 27.3 Å². The van der Waals surface area contributed by atoms with Crippen LogP contribution in [0.5, 0.6) is 5.75 Å². The van der Waals surface area contributed by atoms with Gasteiger partial charge in [-0.2, -0.15) is 13.9 Å². The average Bonchev–Trinajstić information content (AvgIpc) is 3.21. The minimum atomic E-state index is -2.86. The summed E-state index contributed by atoms with van der Waals surface area (Å²) in [6, 6.07) is 6.13. The highest BCUT2D eigenvalue weighted by atomic mass is 79.9. The van der Waals surface area contributed by atoms with Crippen LogP contribution in [0.3, 0.4) is 0 Å². The number of benzene rings is 1. The molecular formula is C16H13BrF2N4O2S. The Hall–Kier alpha value is -2.33. The van der Waals surface area contributed by atoms with E-state index in [1.165, 1.54) is 23.5 Å². The summed E-state index contributed by atoms with van der Waals surface area (Å²) in [5.41, 5.74) is 1.76. The number of hydrogen-bond donors (Lipinski definition) is 1. The third-order valence-electron chi connectivity index (χ3n) is 3.41. The molecule has 0 aliphatic carbocycles. The first-order chi connectivity index (χ1) is 12.5. The molecule has 0 saturated heterocycles.